The van der Waals surface area contributed by atoms with Gasteiger partial charge in [-0.15, -0.1) is 11.3 Å². The van der Waals surface area contributed by atoms with Crippen molar-refractivity contribution in [2.45, 2.75) is 19.4 Å². The number of amides is 1. The summed E-state index contributed by atoms with van der Waals surface area (Å²) in [5, 5.41) is 5.64. The van der Waals surface area contributed by atoms with Crippen LogP contribution in [-0.2, 0) is 16.0 Å². The highest BCUT2D eigenvalue weighted by atomic mass is 35.5. The Kier molecular flexibility index (Phi) is 6.79. The molecule has 0 aliphatic heterocycles. The molecule has 7 heteroatoms. The third kappa shape index (κ3) is 5.41. The molecule has 0 saturated carbocycles. The summed E-state index contributed by atoms with van der Waals surface area (Å²) in [7, 11) is 0. The molecule has 28 heavy (non-hydrogen) atoms. The normalized spacial score (nSPS) is 11.6. The molecule has 1 amide bonds. The van der Waals surface area contributed by atoms with Gasteiger partial charge in [-0.25, -0.2) is 9.78 Å². The average molecular weight is 415 g/mol. The van der Waals surface area contributed by atoms with Crippen LogP contribution in [0.15, 0.2) is 60.0 Å². The Bertz CT molecular complexity index is 959. The van der Waals surface area contributed by atoms with Gasteiger partial charge in [0.15, 0.2) is 11.8 Å². The van der Waals surface area contributed by atoms with Crippen LogP contribution in [0.5, 0.6) is 0 Å². The largest absolute Gasteiger partial charge is 0.448 e. The molecule has 144 valence electrons. The van der Waals surface area contributed by atoms with Gasteiger partial charge in [0.05, 0.1) is 0 Å². The van der Waals surface area contributed by atoms with E-state index in [1.807, 2.05) is 42.5 Å². The fraction of sp³-hybridized carbons (Fsp3) is 0.190. The van der Waals surface area contributed by atoms with Crippen molar-refractivity contribution in [1.82, 2.24) is 10.3 Å². The summed E-state index contributed by atoms with van der Waals surface area (Å²) in [6.07, 6.45) is -0.193. The number of benzene rings is 2. The van der Waals surface area contributed by atoms with Gasteiger partial charge in [-0.2, -0.15) is 0 Å². The minimum absolute atomic E-state index is 0.170. The van der Waals surface area contributed by atoms with Crippen molar-refractivity contribution in [2.75, 3.05) is 6.54 Å². The Balaban J connectivity index is 1.51. The minimum Gasteiger partial charge on any atom is -0.448 e. The van der Waals surface area contributed by atoms with Gasteiger partial charge in [-0.05, 0) is 31.0 Å². The number of ether oxygens (including phenoxy) is 1. The number of rotatable bonds is 7. The lowest BCUT2D eigenvalue weighted by Gasteiger charge is -2.12. The van der Waals surface area contributed by atoms with E-state index >= 15 is 0 Å². The second-order valence-corrected chi connectivity index (χ2v) is 7.42. The molecule has 5 nitrogen and oxygen atoms in total. The molecule has 0 radical (unpaired) electrons. The topological polar surface area (TPSA) is 68.3 Å². The van der Waals surface area contributed by atoms with Gasteiger partial charge < -0.3 is 10.1 Å². The number of esters is 1. The third-order valence-corrected chi connectivity index (χ3v) is 5.12. The number of nitrogens with zero attached hydrogens (tertiary/aromatic N) is 1. The van der Waals surface area contributed by atoms with E-state index in [1.165, 1.54) is 11.3 Å². The zero-order valence-corrected chi connectivity index (χ0v) is 16.8. The highest BCUT2D eigenvalue weighted by molar-refractivity contribution is 7.13. The molecular weight excluding hydrogens is 396 g/mol. The molecule has 0 aliphatic rings. The third-order valence-electron chi connectivity index (χ3n) is 3.99. The molecule has 3 rings (SSSR count). The summed E-state index contributed by atoms with van der Waals surface area (Å²) in [5.41, 5.74) is 2.12. The van der Waals surface area contributed by atoms with Crippen LogP contribution in [-0.4, -0.2) is 29.5 Å². The van der Waals surface area contributed by atoms with Crippen LogP contribution in [0.4, 0.5) is 0 Å². The lowest BCUT2D eigenvalue weighted by molar-refractivity contribution is -0.129. The molecule has 0 aliphatic carbocycles. The molecule has 1 atom stereocenters. The van der Waals surface area contributed by atoms with Crippen molar-refractivity contribution in [3.05, 3.63) is 76.3 Å². The van der Waals surface area contributed by atoms with Gasteiger partial charge in [0.1, 0.15) is 5.01 Å². The lowest BCUT2D eigenvalue weighted by Crippen LogP contribution is -2.36. The van der Waals surface area contributed by atoms with E-state index in [1.54, 1.807) is 24.4 Å². The Morgan fingerprint density at radius 2 is 1.96 bits per heavy atom. The Hall–Kier alpha value is -2.70. The first-order chi connectivity index (χ1) is 13.5. The average Bonchev–Trinajstić information content (AvgIpc) is 3.19. The van der Waals surface area contributed by atoms with Crippen LogP contribution in [0.1, 0.15) is 23.0 Å². The van der Waals surface area contributed by atoms with Crippen molar-refractivity contribution >= 4 is 34.8 Å². The smallest absolute Gasteiger partial charge is 0.358 e. The predicted molar refractivity (Wildman–Crippen MR) is 111 cm³/mol. The number of nitrogens with one attached hydrogen (secondary N) is 1. The minimum atomic E-state index is -0.903. The Morgan fingerprint density at radius 3 is 2.71 bits per heavy atom. The maximum atomic E-state index is 12.3. The van der Waals surface area contributed by atoms with Crippen molar-refractivity contribution < 1.29 is 14.3 Å². The van der Waals surface area contributed by atoms with Crippen molar-refractivity contribution in [1.29, 1.82) is 0 Å². The maximum Gasteiger partial charge on any atom is 0.358 e. The second-order valence-electron chi connectivity index (χ2n) is 6.12. The summed E-state index contributed by atoms with van der Waals surface area (Å²) in [4.78, 5) is 28.7. The van der Waals surface area contributed by atoms with Gasteiger partial charge in [0, 0.05) is 22.5 Å². The first kappa shape index (κ1) is 20.0. The van der Waals surface area contributed by atoms with Crippen LogP contribution in [0.3, 0.4) is 0 Å². The number of thiazole rings is 1. The zero-order valence-electron chi connectivity index (χ0n) is 15.2. The highest BCUT2D eigenvalue weighted by Crippen LogP contribution is 2.26. The molecule has 0 fully saturated rings. The number of hydrogen-bond donors (Lipinski definition) is 1. The van der Waals surface area contributed by atoms with Crippen LogP contribution in [0, 0.1) is 0 Å². The van der Waals surface area contributed by atoms with Gasteiger partial charge in [-0.3, -0.25) is 4.79 Å². The molecule has 1 N–H and O–H groups in total. The molecule has 3 aromatic rings. The number of aromatic nitrogens is 1. The Morgan fingerprint density at radius 1 is 1.18 bits per heavy atom. The first-order valence-corrected chi connectivity index (χ1v) is 10.0. The maximum absolute atomic E-state index is 12.3. The first-order valence-electron chi connectivity index (χ1n) is 8.77. The van der Waals surface area contributed by atoms with E-state index < -0.39 is 12.1 Å². The predicted octanol–water partition coefficient (Wildman–Crippen LogP) is 4.37. The number of carbonyl (C=O) groups excluding carboxylic acids is 2. The molecular formula is C21H19ClN2O3S. The zero-order chi connectivity index (χ0) is 19.9. The molecule has 0 unspecified atom stereocenters. The van der Waals surface area contributed by atoms with E-state index in [-0.39, 0.29) is 11.6 Å². The summed E-state index contributed by atoms with van der Waals surface area (Å²) >= 11 is 7.30. The summed E-state index contributed by atoms with van der Waals surface area (Å²) in [6, 6.07) is 17.1. The van der Waals surface area contributed by atoms with E-state index in [9.17, 15) is 9.59 Å². The second kappa shape index (κ2) is 9.48. The van der Waals surface area contributed by atoms with E-state index in [0.29, 0.717) is 23.0 Å². The van der Waals surface area contributed by atoms with Crippen LogP contribution < -0.4 is 5.32 Å². The fourth-order valence-electron chi connectivity index (χ4n) is 2.51. The van der Waals surface area contributed by atoms with Crippen LogP contribution in [0.25, 0.3) is 10.6 Å². The van der Waals surface area contributed by atoms with Gasteiger partial charge >= 0.3 is 5.97 Å². The molecule has 1 heterocycles. The van der Waals surface area contributed by atoms with Crippen LogP contribution in [0.2, 0.25) is 5.02 Å². The summed E-state index contributed by atoms with van der Waals surface area (Å²) in [6.45, 7) is 2.01. The molecule has 0 saturated heterocycles. The summed E-state index contributed by atoms with van der Waals surface area (Å²) < 4.78 is 5.24. The van der Waals surface area contributed by atoms with E-state index in [2.05, 4.69) is 10.3 Å². The fourth-order valence-corrected chi connectivity index (χ4v) is 3.49. The Labute approximate surface area is 172 Å². The lowest BCUT2D eigenvalue weighted by atomic mass is 10.1. The highest BCUT2D eigenvalue weighted by Gasteiger charge is 2.20. The molecule has 1 aromatic heterocycles. The quantitative estimate of drug-likeness (QED) is 0.583. The number of carbonyl (C=O) groups is 2. The summed E-state index contributed by atoms with van der Waals surface area (Å²) in [5.74, 6) is -0.968. The van der Waals surface area contributed by atoms with Crippen molar-refractivity contribution in [2.24, 2.45) is 0 Å². The molecule has 0 spiro atoms. The standard InChI is InChI=1S/C21H19ClN2O3S/c1-14(19(25)23-11-10-15-6-3-2-4-7-15)27-21(26)18-13-28-20(24-18)16-8-5-9-17(22)12-16/h2-9,12-14H,10-11H2,1H3,(H,23,25)/t14-/m1/s1. The molecule has 0 bridgehead atoms. The number of hydrogen-bond acceptors (Lipinski definition) is 5. The van der Waals surface area contributed by atoms with Gasteiger partial charge in [0.2, 0.25) is 0 Å². The van der Waals surface area contributed by atoms with Gasteiger partial charge in [0.25, 0.3) is 5.91 Å². The van der Waals surface area contributed by atoms with Crippen LogP contribution >= 0.6 is 22.9 Å². The number of halogens is 1. The van der Waals surface area contributed by atoms with E-state index in [0.717, 1.165) is 11.1 Å². The van der Waals surface area contributed by atoms with Gasteiger partial charge in [-0.1, -0.05) is 54.1 Å². The molecule has 2 aromatic carbocycles. The van der Waals surface area contributed by atoms with Crippen molar-refractivity contribution in [3.8, 4) is 10.6 Å². The monoisotopic (exact) mass is 414 g/mol. The SMILES string of the molecule is C[C@@H](OC(=O)c1csc(-c2cccc(Cl)c2)n1)C(=O)NCCc1ccccc1. The van der Waals surface area contributed by atoms with Crippen molar-refractivity contribution in [3.63, 3.8) is 0 Å². The van der Waals surface area contributed by atoms with E-state index in [4.69, 9.17) is 16.3 Å².